The molecule has 11 heteroatoms. The zero-order valence-corrected chi connectivity index (χ0v) is 26.5. The molecule has 0 saturated carbocycles. The number of nitrogens with zero attached hydrogens (tertiary/aromatic N) is 1. The van der Waals surface area contributed by atoms with E-state index in [9.17, 15) is 22.4 Å². The molecular weight excluding hydrogens is 579 g/mol. The SMILES string of the molecule is CCCCC1(CCCC)CN(c2ccc(NC(=O)C(C)C)cc2)c2cc(SC)c(O/C=C(\F)C(=O)O)cc2S(=O)(=O)C1. The number of carbonyl (C=O) groups excluding carboxylic acids is 1. The predicted octanol–water partition coefficient (Wildman–Crippen LogP) is 7.57. The number of benzene rings is 2. The third kappa shape index (κ3) is 8.06. The van der Waals surface area contributed by atoms with Crippen LogP contribution in [0.2, 0.25) is 0 Å². The fourth-order valence-corrected chi connectivity index (χ4v) is 7.78. The van der Waals surface area contributed by atoms with Gasteiger partial charge in [-0.05, 0) is 49.4 Å². The van der Waals surface area contributed by atoms with E-state index in [0.29, 0.717) is 29.1 Å². The van der Waals surface area contributed by atoms with Crippen LogP contribution in [0.1, 0.15) is 66.2 Å². The van der Waals surface area contributed by atoms with E-state index in [0.717, 1.165) is 44.2 Å². The Morgan fingerprint density at radius 1 is 1.14 bits per heavy atom. The summed E-state index contributed by atoms with van der Waals surface area (Å²) < 4.78 is 47.4. The number of unbranched alkanes of at least 4 members (excludes halogenated alkanes) is 2. The van der Waals surface area contributed by atoms with Gasteiger partial charge in [0.15, 0.2) is 9.84 Å². The van der Waals surface area contributed by atoms with Crippen molar-refractivity contribution in [1.82, 2.24) is 0 Å². The molecule has 2 N–H and O–H groups in total. The van der Waals surface area contributed by atoms with Crippen molar-refractivity contribution in [3.8, 4) is 5.75 Å². The number of hydrogen-bond acceptors (Lipinski definition) is 7. The summed E-state index contributed by atoms with van der Waals surface area (Å²) in [7, 11) is -3.84. The summed E-state index contributed by atoms with van der Waals surface area (Å²) in [5.74, 6) is -3.54. The number of aliphatic carboxylic acids is 1. The lowest BCUT2D eigenvalue weighted by atomic mass is 9.79. The highest BCUT2D eigenvalue weighted by Gasteiger charge is 2.42. The van der Waals surface area contributed by atoms with Crippen LogP contribution in [0.15, 0.2) is 58.3 Å². The molecule has 0 unspecified atom stereocenters. The minimum Gasteiger partial charge on any atom is -0.476 e. The molecule has 230 valence electrons. The molecule has 1 amide bonds. The number of rotatable bonds is 13. The largest absolute Gasteiger partial charge is 0.476 e. The van der Waals surface area contributed by atoms with Crippen LogP contribution in [0.4, 0.5) is 21.5 Å². The van der Waals surface area contributed by atoms with Gasteiger partial charge in [-0.15, -0.1) is 11.8 Å². The van der Waals surface area contributed by atoms with Crippen molar-refractivity contribution in [3.05, 3.63) is 48.5 Å². The Balaban J connectivity index is 2.22. The maximum atomic E-state index is 14.1. The molecule has 0 aliphatic carbocycles. The normalized spacial score (nSPS) is 16.1. The molecule has 42 heavy (non-hydrogen) atoms. The molecule has 0 spiro atoms. The summed E-state index contributed by atoms with van der Waals surface area (Å²) in [5.41, 5.74) is 1.36. The maximum absolute atomic E-state index is 14.1. The monoisotopic (exact) mass is 620 g/mol. The number of anilines is 3. The first-order chi connectivity index (χ1) is 19.9. The van der Waals surface area contributed by atoms with E-state index in [1.165, 1.54) is 17.8 Å². The molecule has 0 bridgehead atoms. The molecule has 0 aromatic heterocycles. The highest BCUT2D eigenvalue weighted by molar-refractivity contribution is 7.98. The summed E-state index contributed by atoms with van der Waals surface area (Å²) in [6, 6.07) is 10.4. The highest BCUT2D eigenvalue weighted by Crippen LogP contribution is 2.48. The summed E-state index contributed by atoms with van der Waals surface area (Å²) in [4.78, 5) is 25.8. The second kappa shape index (κ2) is 14.4. The molecule has 2 aromatic carbocycles. The van der Waals surface area contributed by atoms with E-state index in [1.54, 1.807) is 24.5 Å². The summed E-state index contributed by atoms with van der Waals surface area (Å²) in [6.07, 6.45) is 7.35. The second-order valence-electron chi connectivity index (χ2n) is 11.1. The number of fused-ring (bicyclic) bond motifs is 1. The van der Waals surface area contributed by atoms with Crippen molar-refractivity contribution in [2.75, 3.05) is 28.8 Å². The van der Waals surface area contributed by atoms with Gasteiger partial charge in [0.1, 0.15) is 12.0 Å². The van der Waals surface area contributed by atoms with Crippen LogP contribution in [0.3, 0.4) is 0 Å². The lowest BCUT2D eigenvalue weighted by Crippen LogP contribution is -2.38. The van der Waals surface area contributed by atoms with Crippen molar-refractivity contribution in [2.45, 2.75) is 76.0 Å². The van der Waals surface area contributed by atoms with Gasteiger partial charge >= 0.3 is 5.97 Å². The van der Waals surface area contributed by atoms with Gasteiger partial charge in [-0.2, -0.15) is 4.39 Å². The van der Waals surface area contributed by atoms with Gasteiger partial charge in [0.25, 0.3) is 0 Å². The molecule has 8 nitrogen and oxygen atoms in total. The number of thioether (sulfide) groups is 1. The Bertz CT molecular complexity index is 1400. The molecule has 1 heterocycles. The fraction of sp³-hybridized carbons (Fsp3) is 0.484. The Kier molecular flexibility index (Phi) is 11.5. The first-order valence-electron chi connectivity index (χ1n) is 14.2. The molecule has 0 saturated heterocycles. The summed E-state index contributed by atoms with van der Waals surface area (Å²) >= 11 is 1.28. The average molecular weight is 621 g/mol. The van der Waals surface area contributed by atoms with E-state index in [-0.39, 0.29) is 28.2 Å². The van der Waals surface area contributed by atoms with Gasteiger partial charge in [-0.1, -0.05) is 53.4 Å². The second-order valence-corrected chi connectivity index (χ2v) is 13.9. The molecule has 0 fully saturated rings. The Morgan fingerprint density at radius 3 is 2.29 bits per heavy atom. The Labute approximate surface area is 252 Å². The topological polar surface area (TPSA) is 113 Å². The van der Waals surface area contributed by atoms with Crippen LogP contribution < -0.4 is 15.0 Å². The minimum absolute atomic E-state index is 0.0477. The average Bonchev–Trinajstić information content (AvgIpc) is 3.05. The van der Waals surface area contributed by atoms with E-state index < -0.39 is 27.0 Å². The zero-order valence-electron chi connectivity index (χ0n) is 24.9. The van der Waals surface area contributed by atoms with Gasteiger partial charge in [0.2, 0.25) is 11.7 Å². The van der Waals surface area contributed by atoms with E-state index >= 15 is 0 Å². The molecule has 1 aliphatic rings. The van der Waals surface area contributed by atoms with Crippen LogP contribution in [0, 0.1) is 11.3 Å². The van der Waals surface area contributed by atoms with Crippen molar-refractivity contribution < 1.29 is 32.2 Å². The van der Waals surface area contributed by atoms with E-state index in [4.69, 9.17) is 9.84 Å². The van der Waals surface area contributed by atoms with Crippen molar-refractivity contribution in [3.63, 3.8) is 0 Å². The molecule has 3 rings (SSSR count). The predicted molar refractivity (Wildman–Crippen MR) is 166 cm³/mol. The van der Waals surface area contributed by atoms with Crippen LogP contribution in [-0.2, 0) is 19.4 Å². The summed E-state index contributed by atoms with van der Waals surface area (Å²) in [6.45, 7) is 8.29. The number of sulfone groups is 1. The molecule has 0 radical (unpaired) electrons. The number of hydrogen-bond donors (Lipinski definition) is 2. The van der Waals surface area contributed by atoms with Crippen LogP contribution in [0.5, 0.6) is 5.75 Å². The Hall–Kier alpha value is -3.05. The molecule has 2 aromatic rings. The van der Waals surface area contributed by atoms with Crippen molar-refractivity contribution in [2.24, 2.45) is 11.3 Å². The van der Waals surface area contributed by atoms with Gasteiger partial charge in [-0.25, -0.2) is 13.2 Å². The molecule has 0 atom stereocenters. The highest BCUT2D eigenvalue weighted by atomic mass is 32.2. The number of halogens is 1. The fourth-order valence-electron chi connectivity index (χ4n) is 5.13. The third-order valence-electron chi connectivity index (χ3n) is 7.45. The third-order valence-corrected chi connectivity index (χ3v) is 10.2. The van der Waals surface area contributed by atoms with Crippen molar-refractivity contribution in [1.29, 1.82) is 0 Å². The van der Waals surface area contributed by atoms with E-state index in [1.807, 2.05) is 30.9 Å². The number of amides is 1. The smallest absolute Gasteiger partial charge is 0.368 e. The van der Waals surface area contributed by atoms with Gasteiger partial charge in [0, 0.05) is 35.3 Å². The number of carbonyl (C=O) groups is 2. The van der Waals surface area contributed by atoms with Crippen LogP contribution in [-0.4, -0.2) is 44.0 Å². The number of carboxylic acids is 1. The van der Waals surface area contributed by atoms with Gasteiger partial charge in [-0.3, -0.25) is 4.79 Å². The Morgan fingerprint density at radius 2 is 1.76 bits per heavy atom. The van der Waals surface area contributed by atoms with Crippen LogP contribution >= 0.6 is 11.8 Å². The zero-order chi connectivity index (χ0) is 31.1. The quantitative estimate of drug-likeness (QED) is 0.134. The summed E-state index contributed by atoms with van der Waals surface area (Å²) in [5, 5.41) is 11.8. The van der Waals surface area contributed by atoms with Crippen LogP contribution in [0.25, 0.3) is 0 Å². The first-order valence-corrected chi connectivity index (χ1v) is 17.1. The lowest BCUT2D eigenvalue weighted by Gasteiger charge is -2.37. The first kappa shape index (κ1) is 33.5. The standard InChI is InChI=1S/C31H41FN2O6S2/c1-6-8-14-31(15-9-7-2)19-34(23-12-10-22(11-13-23)33-29(35)21(3)4)25-16-27(41-5)26(40-18-24(32)30(36)37)17-28(25)42(38,39)20-31/h10-13,16-18,21H,6-9,14-15,19-20H2,1-5H3,(H,33,35)(H,36,37)/b24-18-. The van der Waals surface area contributed by atoms with E-state index in [2.05, 4.69) is 19.2 Å². The number of ether oxygens (including phenoxy) is 1. The lowest BCUT2D eigenvalue weighted by molar-refractivity contribution is -0.134. The number of carboxylic acid groups (broad SMARTS) is 1. The van der Waals surface area contributed by atoms with Gasteiger partial charge in [0.05, 0.1) is 21.2 Å². The molecule has 1 aliphatic heterocycles. The van der Waals surface area contributed by atoms with Crippen molar-refractivity contribution >= 4 is 50.5 Å². The molecular formula is C31H41FN2O6S2. The number of nitrogens with one attached hydrogen (secondary N) is 1. The minimum atomic E-state index is -3.84. The van der Waals surface area contributed by atoms with Gasteiger partial charge < -0.3 is 20.1 Å². The maximum Gasteiger partial charge on any atom is 0.368 e.